The molecule has 1 aliphatic rings. The normalized spacial score (nSPS) is 17.1. The summed E-state index contributed by atoms with van der Waals surface area (Å²) in [5.74, 6) is 0.685. The molecule has 1 aliphatic carbocycles. The first-order chi connectivity index (χ1) is 9.24. The van der Waals surface area contributed by atoms with Crippen LogP contribution in [-0.2, 0) is 4.79 Å². The first-order valence-corrected chi connectivity index (χ1v) is 7.87. The van der Waals surface area contributed by atoms with Gasteiger partial charge in [-0.2, -0.15) is 0 Å². The van der Waals surface area contributed by atoms with Crippen LogP contribution >= 0.6 is 15.9 Å². The summed E-state index contributed by atoms with van der Waals surface area (Å²) in [4.78, 5) is 11.8. The van der Waals surface area contributed by atoms with Crippen molar-refractivity contribution in [3.05, 3.63) is 30.3 Å². The van der Waals surface area contributed by atoms with Gasteiger partial charge in [0.05, 0.1) is 0 Å². The number of rotatable bonds is 6. The molecule has 1 N–H and O–H groups in total. The molecule has 3 nitrogen and oxygen atoms in total. The maximum atomic E-state index is 11.8. The van der Waals surface area contributed by atoms with E-state index in [9.17, 15) is 4.79 Å². The third kappa shape index (κ3) is 4.23. The maximum Gasteiger partial charge on any atom is 0.257 e. The number of amides is 1. The Morgan fingerprint density at radius 2 is 1.95 bits per heavy atom. The highest BCUT2D eigenvalue weighted by Crippen LogP contribution is 2.38. The highest BCUT2D eigenvalue weighted by atomic mass is 79.9. The van der Waals surface area contributed by atoms with Crippen LogP contribution in [0.5, 0.6) is 5.75 Å². The number of benzene rings is 1. The van der Waals surface area contributed by atoms with E-state index in [4.69, 9.17) is 4.74 Å². The summed E-state index contributed by atoms with van der Waals surface area (Å²) in [6.07, 6.45) is 4.92. The second kappa shape index (κ2) is 6.94. The highest BCUT2D eigenvalue weighted by molar-refractivity contribution is 9.09. The summed E-state index contributed by atoms with van der Waals surface area (Å²) in [5, 5.41) is 3.95. The van der Waals surface area contributed by atoms with E-state index < -0.39 is 0 Å². The first-order valence-electron chi connectivity index (χ1n) is 6.75. The fraction of sp³-hybridized carbons (Fsp3) is 0.533. The van der Waals surface area contributed by atoms with E-state index in [0.29, 0.717) is 0 Å². The molecule has 1 aromatic carbocycles. The number of hydrogen-bond acceptors (Lipinski definition) is 2. The van der Waals surface area contributed by atoms with Crippen LogP contribution in [0.25, 0.3) is 0 Å². The zero-order chi connectivity index (χ0) is 13.6. The number of carbonyl (C=O) groups is 1. The zero-order valence-electron chi connectivity index (χ0n) is 11.0. The molecule has 1 aromatic rings. The predicted molar refractivity (Wildman–Crippen MR) is 79.6 cm³/mol. The van der Waals surface area contributed by atoms with Crippen molar-refractivity contribution < 1.29 is 9.53 Å². The fourth-order valence-electron chi connectivity index (χ4n) is 2.49. The highest BCUT2D eigenvalue weighted by Gasteiger charge is 2.32. The predicted octanol–water partition coefficient (Wildman–Crippen LogP) is 3.14. The lowest BCUT2D eigenvalue weighted by Crippen LogP contribution is -2.39. The number of halogens is 1. The van der Waals surface area contributed by atoms with Gasteiger partial charge in [0, 0.05) is 11.9 Å². The Kier molecular flexibility index (Phi) is 5.25. The molecule has 0 unspecified atom stereocenters. The zero-order valence-corrected chi connectivity index (χ0v) is 12.6. The van der Waals surface area contributed by atoms with Crippen molar-refractivity contribution in [3.63, 3.8) is 0 Å². The Morgan fingerprint density at radius 3 is 2.58 bits per heavy atom. The number of ether oxygens (including phenoxy) is 1. The lowest BCUT2D eigenvalue weighted by molar-refractivity contribution is -0.123. The molecule has 0 radical (unpaired) electrons. The molecule has 104 valence electrons. The number of carbonyl (C=O) groups excluding carboxylic acids is 1. The van der Waals surface area contributed by atoms with Crippen molar-refractivity contribution in [3.8, 4) is 5.75 Å². The molecule has 4 heteroatoms. The SMILES string of the molecule is O=C(COc1ccccc1)NCC1(CBr)CCCC1. The Bertz CT molecular complexity index is 402. The fourth-order valence-corrected chi connectivity index (χ4v) is 3.24. The van der Waals surface area contributed by atoms with Gasteiger partial charge in [0.1, 0.15) is 5.75 Å². The van der Waals surface area contributed by atoms with Gasteiger partial charge < -0.3 is 10.1 Å². The average Bonchev–Trinajstić information content (AvgIpc) is 2.93. The van der Waals surface area contributed by atoms with Crippen molar-refractivity contribution in [1.29, 1.82) is 0 Å². The van der Waals surface area contributed by atoms with Crippen molar-refractivity contribution in [1.82, 2.24) is 5.32 Å². The molecule has 19 heavy (non-hydrogen) atoms. The summed E-state index contributed by atoms with van der Waals surface area (Å²) in [7, 11) is 0. The number of nitrogens with one attached hydrogen (secondary N) is 1. The molecule has 0 spiro atoms. The van der Waals surface area contributed by atoms with Crippen LogP contribution in [-0.4, -0.2) is 24.4 Å². The molecule has 2 rings (SSSR count). The molecular weight excluding hydrogens is 306 g/mol. The second-order valence-electron chi connectivity index (χ2n) is 5.22. The van der Waals surface area contributed by atoms with E-state index in [-0.39, 0.29) is 17.9 Å². The molecule has 0 aliphatic heterocycles. The molecule has 1 saturated carbocycles. The van der Waals surface area contributed by atoms with Crippen LogP contribution in [0, 0.1) is 5.41 Å². The van der Waals surface area contributed by atoms with E-state index >= 15 is 0 Å². The van der Waals surface area contributed by atoms with Crippen molar-refractivity contribution >= 4 is 21.8 Å². The lowest BCUT2D eigenvalue weighted by Gasteiger charge is -2.26. The third-order valence-electron chi connectivity index (χ3n) is 3.72. The largest absolute Gasteiger partial charge is 0.484 e. The van der Waals surface area contributed by atoms with Gasteiger partial charge in [-0.15, -0.1) is 0 Å². The van der Waals surface area contributed by atoms with Gasteiger partial charge in [0.15, 0.2) is 6.61 Å². The smallest absolute Gasteiger partial charge is 0.257 e. The molecule has 0 saturated heterocycles. The molecule has 0 atom stereocenters. The molecule has 0 bridgehead atoms. The molecule has 0 aromatic heterocycles. The van der Waals surface area contributed by atoms with Crippen molar-refractivity contribution in [2.24, 2.45) is 5.41 Å². The minimum Gasteiger partial charge on any atom is -0.484 e. The van der Waals surface area contributed by atoms with E-state index in [1.165, 1.54) is 25.7 Å². The van der Waals surface area contributed by atoms with Crippen LogP contribution < -0.4 is 10.1 Å². The molecule has 1 fully saturated rings. The maximum absolute atomic E-state index is 11.8. The summed E-state index contributed by atoms with van der Waals surface area (Å²) in [5.41, 5.74) is 0.252. The summed E-state index contributed by atoms with van der Waals surface area (Å²) >= 11 is 3.58. The van der Waals surface area contributed by atoms with Crippen LogP contribution in [0.15, 0.2) is 30.3 Å². The molecular formula is C15H20BrNO2. The van der Waals surface area contributed by atoms with Crippen molar-refractivity contribution in [2.45, 2.75) is 25.7 Å². The van der Waals surface area contributed by atoms with Crippen LogP contribution in [0.3, 0.4) is 0 Å². The Balaban J connectivity index is 1.72. The number of alkyl halides is 1. The summed E-state index contributed by atoms with van der Waals surface area (Å²) < 4.78 is 5.43. The third-order valence-corrected chi connectivity index (χ3v) is 4.91. The second-order valence-corrected chi connectivity index (χ2v) is 5.78. The van der Waals surface area contributed by atoms with Gasteiger partial charge in [-0.25, -0.2) is 0 Å². The van der Waals surface area contributed by atoms with Crippen LogP contribution in [0.4, 0.5) is 0 Å². The van der Waals surface area contributed by atoms with Crippen LogP contribution in [0.2, 0.25) is 0 Å². The first kappa shape index (κ1) is 14.4. The van der Waals surface area contributed by atoms with E-state index in [1.807, 2.05) is 30.3 Å². The summed E-state index contributed by atoms with van der Waals surface area (Å²) in [6, 6.07) is 9.42. The van der Waals surface area contributed by atoms with Crippen LogP contribution in [0.1, 0.15) is 25.7 Å². The standard InChI is InChI=1S/C15H20BrNO2/c16-11-15(8-4-5-9-15)12-17-14(18)10-19-13-6-2-1-3-7-13/h1-3,6-7H,4-5,8-12H2,(H,17,18). The monoisotopic (exact) mass is 325 g/mol. The minimum absolute atomic E-state index is 0.0453. The Labute approximate surface area is 122 Å². The quantitative estimate of drug-likeness (QED) is 0.816. The van der Waals surface area contributed by atoms with E-state index in [0.717, 1.165) is 17.6 Å². The number of para-hydroxylation sites is 1. The Hall–Kier alpha value is -1.03. The van der Waals surface area contributed by atoms with Gasteiger partial charge in [0.2, 0.25) is 0 Å². The number of hydrogen-bond donors (Lipinski definition) is 1. The van der Waals surface area contributed by atoms with E-state index in [1.54, 1.807) is 0 Å². The van der Waals surface area contributed by atoms with E-state index in [2.05, 4.69) is 21.2 Å². The average molecular weight is 326 g/mol. The van der Waals surface area contributed by atoms with Gasteiger partial charge in [-0.05, 0) is 30.4 Å². The topological polar surface area (TPSA) is 38.3 Å². The van der Waals surface area contributed by atoms with Gasteiger partial charge in [0.25, 0.3) is 5.91 Å². The minimum atomic E-state index is -0.0453. The van der Waals surface area contributed by atoms with Crippen molar-refractivity contribution in [2.75, 3.05) is 18.5 Å². The molecule has 0 heterocycles. The Morgan fingerprint density at radius 1 is 1.26 bits per heavy atom. The van der Waals surface area contributed by atoms with Gasteiger partial charge in [-0.3, -0.25) is 4.79 Å². The van der Waals surface area contributed by atoms with Gasteiger partial charge in [-0.1, -0.05) is 47.0 Å². The molecule has 1 amide bonds. The lowest BCUT2D eigenvalue weighted by atomic mass is 9.89. The van der Waals surface area contributed by atoms with Gasteiger partial charge >= 0.3 is 0 Å². The summed E-state index contributed by atoms with van der Waals surface area (Å²) in [6.45, 7) is 0.831.